The van der Waals surface area contributed by atoms with Gasteiger partial charge in [-0.25, -0.2) is 0 Å². The Labute approximate surface area is 197 Å². The number of hydrogen-bond donors (Lipinski definition) is 3. The summed E-state index contributed by atoms with van der Waals surface area (Å²) in [7, 11) is 0. The lowest BCUT2D eigenvalue weighted by atomic mass is 10.0. The minimum Gasteiger partial charge on any atom is -0.381 e. The van der Waals surface area contributed by atoms with E-state index in [-0.39, 0.29) is 24.4 Å². The number of carbonyl (C=O) groups excluding carboxylic acids is 4. The zero-order valence-corrected chi connectivity index (χ0v) is 18.8. The van der Waals surface area contributed by atoms with Crippen LogP contribution in [0.1, 0.15) is 52.0 Å². The van der Waals surface area contributed by atoms with Crippen molar-refractivity contribution in [3.63, 3.8) is 0 Å². The number of fused-ring (bicyclic) bond motifs is 1. The fraction of sp³-hybridized carbons (Fsp3) is 0.360. The number of nitrogens with two attached hydrogens (primary N) is 1. The van der Waals surface area contributed by atoms with Crippen LogP contribution in [0.4, 0.5) is 11.4 Å². The maximum absolute atomic E-state index is 13.2. The summed E-state index contributed by atoms with van der Waals surface area (Å²) in [6.45, 7) is 2.25. The number of anilines is 2. The predicted molar refractivity (Wildman–Crippen MR) is 126 cm³/mol. The van der Waals surface area contributed by atoms with E-state index < -0.39 is 29.7 Å². The van der Waals surface area contributed by atoms with E-state index in [2.05, 4.69) is 27.7 Å². The molecule has 0 aliphatic carbocycles. The van der Waals surface area contributed by atoms with Gasteiger partial charge in [-0.05, 0) is 55.2 Å². The van der Waals surface area contributed by atoms with Crippen molar-refractivity contribution in [2.45, 2.75) is 44.3 Å². The van der Waals surface area contributed by atoms with E-state index in [0.717, 1.165) is 42.2 Å². The average molecular weight is 462 g/mol. The molecule has 0 radical (unpaired) electrons. The smallest absolute Gasteiger partial charge is 0.262 e. The second kappa shape index (κ2) is 8.90. The van der Waals surface area contributed by atoms with Crippen molar-refractivity contribution in [2.24, 2.45) is 5.73 Å². The molecule has 2 saturated heterocycles. The standard InChI is InChI=1S/C25H27N5O4/c26-16-10-12-29(13-11-16)18-6-4-17(5-7-18)27-14-15-2-1-3-19-22(15)25(34)30(24(19)33)20-8-9-21(31)28-23(20)32/h1-7,16,20,27H,8-14,26H2,(H,28,31,32). The Kier molecular flexibility index (Phi) is 5.79. The third-order valence-corrected chi connectivity index (χ3v) is 6.81. The number of benzene rings is 2. The fourth-order valence-corrected chi connectivity index (χ4v) is 4.88. The Balaban J connectivity index is 1.29. The van der Waals surface area contributed by atoms with Crippen LogP contribution in [-0.4, -0.2) is 53.7 Å². The van der Waals surface area contributed by atoms with Gasteiger partial charge in [-0.1, -0.05) is 12.1 Å². The first kappa shape index (κ1) is 22.1. The van der Waals surface area contributed by atoms with Gasteiger partial charge in [0.1, 0.15) is 6.04 Å². The van der Waals surface area contributed by atoms with Crippen LogP contribution in [0.25, 0.3) is 0 Å². The molecule has 2 aromatic rings. The molecule has 5 rings (SSSR count). The number of rotatable bonds is 5. The molecular weight excluding hydrogens is 434 g/mol. The second-order valence-electron chi connectivity index (χ2n) is 9.01. The Morgan fingerprint density at radius 2 is 1.68 bits per heavy atom. The first-order valence-corrected chi connectivity index (χ1v) is 11.6. The molecule has 2 fully saturated rings. The van der Waals surface area contributed by atoms with Crippen LogP contribution in [0.2, 0.25) is 0 Å². The molecule has 3 heterocycles. The Morgan fingerprint density at radius 3 is 2.38 bits per heavy atom. The summed E-state index contributed by atoms with van der Waals surface area (Å²) in [5.74, 6) is -1.99. The van der Waals surface area contributed by atoms with Crippen LogP contribution in [0, 0.1) is 0 Å². The molecular formula is C25H27N5O4. The van der Waals surface area contributed by atoms with Crippen molar-refractivity contribution in [1.29, 1.82) is 0 Å². The highest BCUT2D eigenvalue weighted by Gasteiger charge is 2.45. The minimum atomic E-state index is -0.970. The zero-order valence-electron chi connectivity index (χ0n) is 18.8. The summed E-state index contributed by atoms with van der Waals surface area (Å²) < 4.78 is 0. The third kappa shape index (κ3) is 4.03. The Hall–Kier alpha value is -3.72. The van der Waals surface area contributed by atoms with Crippen LogP contribution in [0.3, 0.4) is 0 Å². The SMILES string of the molecule is NC1CCN(c2ccc(NCc3cccc4c3C(=O)N(C3CCC(=O)NC3=O)C4=O)cc2)CC1. The van der Waals surface area contributed by atoms with Gasteiger partial charge >= 0.3 is 0 Å². The van der Waals surface area contributed by atoms with Gasteiger partial charge in [0.25, 0.3) is 11.8 Å². The molecule has 0 bridgehead atoms. The van der Waals surface area contributed by atoms with Crippen molar-refractivity contribution < 1.29 is 19.2 Å². The summed E-state index contributed by atoms with van der Waals surface area (Å²) in [5.41, 5.74) is 9.32. The van der Waals surface area contributed by atoms with Gasteiger partial charge in [0, 0.05) is 43.5 Å². The topological polar surface area (TPSA) is 125 Å². The normalized spacial score (nSPS) is 21.0. The summed E-state index contributed by atoms with van der Waals surface area (Å²) in [6, 6.07) is 12.6. The van der Waals surface area contributed by atoms with Crippen LogP contribution >= 0.6 is 0 Å². The number of carbonyl (C=O) groups is 4. The molecule has 0 saturated carbocycles. The quantitative estimate of drug-likeness (QED) is 0.578. The molecule has 0 spiro atoms. The van der Waals surface area contributed by atoms with Crippen molar-refractivity contribution in [3.8, 4) is 0 Å². The van der Waals surface area contributed by atoms with Gasteiger partial charge in [-0.15, -0.1) is 0 Å². The van der Waals surface area contributed by atoms with E-state index in [1.807, 2.05) is 12.1 Å². The van der Waals surface area contributed by atoms with Gasteiger partial charge in [0.15, 0.2) is 0 Å². The molecule has 3 aliphatic heterocycles. The van der Waals surface area contributed by atoms with E-state index in [4.69, 9.17) is 5.73 Å². The van der Waals surface area contributed by atoms with E-state index in [0.29, 0.717) is 17.7 Å². The van der Waals surface area contributed by atoms with Crippen LogP contribution < -0.4 is 21.3 Å². The Morgan fingerprint density at radius 1 is 0.941 bits per heavy atom. The lowest BCUT2D eigenvalue weighted by molar-refractivity contribution is -0.136. The minimum absolute atomic E-state index is 0.0957. The molecule has 1 atom stereocenters. The number of nitrogens with one attached hydrogen (secondary N) is 2. The van der Waals surface area contributed by atoms with Gasteiger partial charge in [-0.2, -0.15) is 0 Å². The van der Waals surface area contributed by atoms with Gasteiger partial charge in [0.2, 0.25) is 11.8 Å². The monoisotopic (exact) mass is 461 g/mol. The molecule has 9 heteroatoms. The average Bonchev–Trinajstić information content (AvgIpc) is 3.09. The third-order valence-electron chi connectivity index (χ3n) is 6.81. The van der Waals surface area contributed by atoms with Crippen LogP contribution in [-0.2, 0) is 16.1 Å². The molecule has 176 valence electrons. The van der Waals surface area contributed by atoms with Gasteiger partial charge in [-0.3, -0.25) is 29.4 Å². The van der Waals surface area contributed by atoms with Crippen molar-refractivity contribution in [3.05, 3.63) is 59.2 Å². The number of amides is 4. The number of piperidine rings is 2. The molecule has 9 nitrogen and oxygen atoms in total. The second-order valence-corrected chi connectivity index (χ2v) is 9.01. The molecule has 4 N–H and O–H groups in total. The highest BCUT2D eigenvalue weighted by molar-refractivity contribution is 6.24. The molecule has 34 heavy (non-hydrogen) atoms. The zero-order chi connectivity index (χ0) is 23.8. The molecule has 0 aromatic heterocycles. The lowest BCUT2D eigenvalue weighted by Gasteiger charge is -2.32. The van der Waals surface area contributed by atoms with Crippen molar-refractivity contribution in [1.82, 2.24) is 10.2 Å². The highest BCUT2D eigenvalue weighted by atomic mass is 16.2. The maximum atomic E-state index is 13.2. The van der Waals surface area contributed by atoms with E-state index in [1.54, 1.807) is 18.2 Å². The molecule has 3 aliphatic rings. The number of nitrogens with zero attached hydrogens (tertiary/aromatic N) is 2. The largest absolute Gasteiger partial charge is 0.381 e. The summed E-state index contributed by atoms with van der Waals surface area (Å²) >= 11 is 0. The highest BCUT2D eigenvalue weighted by Crippen LogP contribution is 2.30. The fourth-order valence-electron chi connectivity index (χ4n) is 4.88. The molecule has 2 aromatic carbocycles. The number of hydrogen-bond acceptors (Lipinski definition) is 7. The van der Waals surface area contributed by atoms with E-state index >= 15 is 0 Å². The first-order chi connectivity index (χ1) is 16.4. The van der Waals surface area contributed by atoms with Crippen molar-refractivity contribution >= 4 is 35.0 Å². The molecule has 4 amide bonds. The maximum Gasteiger partial charge on any atom is 0.262 e. The molecule has 1 unspecified atom stereocenters. The number of imide groups is 2. The van der Waals surface area contributed by atoms with Gasteiger partial charge < -0.3 is 16.0 Å². The summed E-state index contributed by atoms with van der Waals surface area (Å²) in [6.07, 6.45) is 2.21. The van der Waals surface area contributed by atoms with E-state index in [1.165, 1.54) is 0 Å². The summed E-state index contributed by atoms with van der Waals surface area (Å²) in [5, 5.41) is 5.55. The van der Waals surface area contributed by atoms with Gasteiger partial charge in [0.05, 0.1) is 11.1 Å². The first-order valence-electron chi connectivity index (χ1n) is 11.6. The van der Waals surface area contributed by atoms with Crippen molar-refractivity contribution in [2.75, 3.05) is 23.3 Å². The lowest BCUT2D eigenvalue weighted by Crippen LogP contribution is -2.54. The predicted octanol–water partition coefficient (Wildman–Crippen LogP) is 1.63. The van der Waals surface area contributed by atoms with Crippen LogP contribution in [0.15, 0.2) is 42.5 Å². The van der Waals surface area contributed by atoms with Crippen LogP contribution in [0.5, 0.6) is 0 Å². The summed E-state index contributed by atoms with van der Waals surface area (Å²) in [4.78, 5) is 53.3. The Bertz CT molecular complexity index is 1150. The van der Waals surface area contributed by atoms with E-state index in [9.17, 15) is 19.2 Å².